The molecule has 0 aliphatic heterocycles. The first-order valence-corrected chi connectivity index (χ1v) is 35.0. The lowest BCUT2D eigenvalue weighted by atomic mass is 10.0. The van der Waals surface area contributed by atoms with Gasteiger partial charge < -0.3 is 14.2 Å². The van der Waals surface area contributed by atoms with Crippen LogP contribution in [0.1, 0.15) is 412 Å². The molecular weight excluding hydrogens is 937 g/mol. The molecule has 0 fully saturated rings. The Kier molecular flexibility index (Phi) is 64.5. The Balaban J connectivity index is 3.94. The van der Waals surface area contributed by atoms with E-state index in [0.717, 1.165) is 57.8 Å². The van der Waals surface area contributed by atoms with Crippen LogP contribution in [0.25, 0.3) is 0 Å². The minimum atomic E-state index is -0.761. The van der Waals surface area contributed by atoms with E-state index in [4.69, 9.17) is 14.2 Å². The fourth-order valence-corrected chi connectivity index (χ4v) is 11.1. The van der Waals surface area contributed by atoms with Gasteiger partial charge in [-0.25, -0.2) is 0 Å². The van der Waals surface area contributed by atoms with Crippen LogP contribution < -0.4 is 0 Å². The Labute approximate surface area is 476 Å². The summed E-state index contributed by atoms with van der Waals surface area (Å²) in [6.07, 6.45) is 77.6. The third-order valence-corrected chi connectivity index (χ3v) is 16.4. The summed E-state index contributed by atoms with van der Waals surface area (Å²) in [5, 5.41) is 0. The maximum absolute atomic E-state index is 12.9. The fourth-order valence-electron chi connectivity index (χ4n) is 11.1. The van der Waals surface area contributed by atoms with Crippen LogP contribution in [0, 0.1) is 0 Å². The summed E-state index contributed by atoms with van der Waals surface area (Å²) in [5.74, 6) is -0.838. The Hall–Kier alpha value is -1.59. The lowest BCUT2D eigenvalue weighted by Gasteiger charge is -2.18. The summed E-state index contributed by atoms with van der Waals surface area (Å²) in [4.78, 5) is 38.1. The van der Waals surface area contributed by atoms with Gasteiger partial charge in [0.1, 0.15) is 13.2 Å². The Morgan fingerprint density at radius 3 is 0.526 bits per heavy atom. The van der Waals surface area contributed by atoms with E-state index >= 15 is 0 Å². The topological polar surface area (TPSA) is 78.9 Å². The van der Waals surface area contributed by atoms with Crippen LogP contribution in [0.15, 0.2) is 0 Å². The van der Waals surface area contributed by atoms with E-state index in [9.17, 15) is 14.4 Å². The highest BCUT2D eigenvalue weighted by molar-refractivity contribution is 5.71. The highest BCUT2D eigenvalue weighted by Gasteiger charge is 2.19. The molecule has 6 heteroatoms. The van der Waals surface area contributed by atoms with Crippen molar-refractivity contribution in [3.63, 3.8) is 0 Å². The Bertz CT molecular complexity index is 1140. The number of rotatable bonds is 66. The summed E-state index contributed by atoms with van der Waals surface area (Å²) in [6.45, 7) is 6.67. The smallest absolute Gasteiger partial charge is 0.306 e. The van der Waals surface area contributed by atoms with Crippen molar-refractivity contribution in [1.82, 2.24) is 0 Å². The predicted octanol–water partition coefficient (Wildman–Crippen LogP) is 23.8. The van der Waals surface area contributed by atoms with Gasteiger partial charge in [-0.1, -0.05) is 374 Å². The molecule has 0 heterocycles. The molecule has 0 radical (unpaired) electrons. The minimum absolute atomic E-state index is 0.0617. The number of carbonyl (C=O) groups is 3. The van der Waals surface area contributed by atoms with Gasteiger partial charge in [0.15, 0.2) is 6.10 Å². The molecule has 6 nitrogen and oxygen atoms in total. The Morgan fingerprint density at radius 1 is 0.211 bits per heavy atom. The molecule has 0 saturated heterocycles. The van der Waals surface area contributed by atoms with Gasteiger partial charge in [-0.2, -0.15) is 0 Å². The van der Waals surface area contributed by atoms with Crippen molar-refractivity contribution < 1.29 is 28.6 Å². The van der Waals surface area contributed by atoms with Gasteiger partial charge in [-0.3, -0.25) is 14.4 Å². The van der Waals surface area contributed by atoms with Gasteiger partial charge in [0, 0.05) is 19.3 Å². The van der Waals surface area contributed by atoms with Gasteiger partial charge in [-0.05, 0) is 19.3 Å². The van der Waals surface area contributed by atoms with Crippen molar-refractivity contribution in [3.05, 3.63) is 0 Å². The summed E-state index contributed by atoms with van der Waals surface area (Å²) < 4.78 is 16.9. The first-order valence-electron chi connectivity index (χ1n) is 35.0. The molecule has 0 N–H and O–H groups in total. The van der Waals surface area contributed by atoms with Crippen molar-refractivity contribution in [3.8, 4) is 0 Å². The molecule has 0 aromatic carbocycles. The van der Waals surface area contributed by atoms with Gasteiger partial charge in [-0.15, -0.1) is 0 Å². The maximum atomic E-state index is 12.9. The Morgan fingerprint density at radius 2 is 0.355 bits per heavy atom. The number of hydrogen-bond acceptors (Lipinski definition) is 6. The zero-order valence-corrected chi connectivity index (χ0v) is 52.1. The number of hydrogen-bond donors (Lipinski definition) is 0. The highest BCUT2D eigenvalue weighted by atomic mass is 16.6. The quantitative estimate of drug-likeness (QED) is 0.0343. The average Bonchev–Trinajstić information content (AvgIpc) is 3.42. The maximum Gasteiger partial charge on any atom is 0.306 e. The van der Waals surface area contributed by atoms with Crippen LogP contribution in [0.5, 0.6) is 0 Å². The number of carbonyl (C=O) groups excluding carboxylic acids is 3. The summed E-state index contributed by atoms with van der Waals surface area (Å²) in [6, 6.07) is 0. The van der Waals surface area contributed by atoms with Gasteiger partial charge >= 0.3 is 17.9 Å². The predicted molar refractivity (Wildman–Crippen MR) is 330 cm³/mol. The van der Waals surface area contributed by atoms with Crippen molar-refractivity contribution in [2.75, 3.05) is 13.2 Å². The van der Waals surface area contributed by atoms with Crippen molar-refractivity contribution in [1.29, 1.82) is 0 Å². The highest BCUT2D eigenvalue weighted by Crippen LogP contribution is 2.19. The van der Waals surface area contributed by atoms with Crippen LogP contribution in [-0.4, -0.2) is 37.2 Å². The summed E-state index contributed by atoms with van der Waals surface area (Å²) in [5.41, 5.74) is 0. The number of esters is 3. The molecule has 0 aromatic heterocycles. The van der Waals surface area contributed by atoms with E-state index in [2.05, 4.69) is 20.8 Å². The molecule has 0 rings (SSSR count). The molecule has 1 unspecified atom stereocenters. The molecule has 0 spiro atoms. The monoisotopic (exact) mass is 1070 g/mol. The van der Waals surface area contributed by atoms with Crippen LogP contribution in [0.2, 0.25) is 0 Å². The number of unbranched alkanes of at least 4 members (excludes halogenated alkanes) is 55. The van der Waals surface area contributed by atoms with Crippen molar-refractivity contribution in [2.24, 2.45) is 0 Å². The second kappa shape index (κ2) is 65.9. The van der Waals surface area contributed by atoms with E-state index in [1.54, 1.807) is 0 Å². The fraction of sp³-hybridized carbons (Fsp3) is 0.957. The third kappa shape index (κ3) is 63.2. The zero-order valence-electron chi connectivity index (χ0n) is 52.1. The standard InChI is InChI=1S/C70H136O6/c1-4-7-10-13-16-18-20-22-24-26-28-30-32-33-34-35-36-37-39-40-42-44-46-48-50-52-54-57-60-63-69(72)75-66-67(65-74-68(71)62-59-56-15-12-9-6-3)76-70(73)64-61-58-55-53-51-49-47-45-43-41-38-31-29-27-25-23-21-19-17-14-11-8-5-2/h67H,4-66H2,1-3H3. The summed E-state index contributed by atoms with van der Waals surface area (Å²) >= 11 is 0. The molecule has 0 aromatic rings. The molecule has 0 aliphatic rings. The molecule has 0 saturated carbocycles. The van der Waals surface area contributed by atoms with E-state index in [1.807, 2.05) is 0 Å². The van der Waals surface area contributed by atoms with Crippen molar-refractivity contribution in [2.45, 2.75) is 419 Å². The SMILES string of the molecule is CCCCCCCCCCCCCCCCCCCCCCCCCCCCCCCC(=O)OCC(COC(=O)CCCCCCCC)OC(=O)CCCCCCCCCCCCCCCCCCCCCCCCC. The van der Waals surface area contributed by atoms with Gasteiger partial charge in [0.05, 0.1) is 0 Å². The van der Waals surface area contributed by atoms with Crippen LogP contribution in [-0.2, 0) is 28.6 Å². The lowest BCUT2D eigenvalue weighted by Crippen LogP contribution is -2.30. The van der Waals surface area contributed by atoms with E-state index in [1.165, 1.54) is 315 Å². The van der Waals surface area contributed by atoms with Gasteiger partial charge in [0.25, 0.3) is 0 Å². The molecule has 1 atom stereocenters. The largest absolute Gasteiger partial charge is 0.462 e. The molecule has 0 amide bonds. The lowest BCUT2D eigenvalue weighted by molar-refractivity contribution is -0.167. The van der Waals surface area contributed by atoms with Crippen molar-refractivity contribution >= 4 is 17.9 Å². The van der Waals surface area contributed by atoms with Crippen LogP contribution >= 0.6 is 0 Å². The molecule has 452 valence electrons. The second-order valence-corrected chi connectivity index (χ2v) is 24.2. The summed E-state index contributed by atoms with van der Waals surface area (Å²) in [7, 11) is 0. The van der Waals surface area contributed by atoms with Gasteiger partial charge in [0.2, 0.25) is 0 Å². The first-order chi connectivity index (χ1) is 37.5. The third-order valence-electron chi connectivity index (χ3n) is 16.4. The second-order valence-electron chi connectivity index (χ2n) is 24.2. The first kappa shape index (κ1) is 74.4. The molecule has 0 aliphatic carbocycles. The van der Waals surface area contributed by atoms with Crippen LogP contribution in [0.3, 0.4) is 0 Å². The van der Waals surface area contributed by atoms with E-state index in [-0.39, 0.29) is 31.1 Å². The number of ether oxygens (including phenoxy) is 3. The van der Waals surface area contributed by atoms with Crippen LogP contribution in [0.4, 0.5) is 0 Å². The average molecular weight is 1070 g/mol. The minimum Gasteiger partial charge on any atom is -0.462 e. The molecular formula is C70H136O6. The molecule has 76 heavy (non-hydrogen) atoms. The molecule has 0 bridgehead atoms. The zero-order chi connectivity index (χ0) is 55.0. The van der Waals surface area contributed by atoms with E-state index in [0.29, 0.717) is 19.3 Å². The normalized spacial score (nSPS) is 11.9. The van der Waals surface area contributed by atoms with E-state index < -0.39 is 6.10 Å².